The first-order chi connectivity index (χ1) is 11.2. The minimum atomic E-state index is 0.332. The van der Waals surface area contributed by atoms with E-state index in [1.54, 1.807) is 4.68 Å². The van der Waals surface area contributed by atoms with Crippen LogP contribution in [0.2, 0.25) is 0 Å². The predicted octanol–water partition coefficient (Wildman–Crippen LogP) is 2.92. The quantitative estimate of drug-likeness (QED) is 0.787. The predicted molar refractivity (Wildman–Crippen MR) is 89.5 cm³/mol. The van der Waals surface area contributed by atoms with Gasteiger partial charge in [0.25, 0.3) is 0 Å². The van der Waals surface area contributed by atoms with E-state index in [-0.39, 0.29) is 0 Å². The maximum Gasteiger partial charge on any atom is 0.132 e. The van der Waals surface area contributed by atoms with Crippen molar-refractivity contribution >= 4 is 0 Å². The van der Waals surface area contributed by atoms with Gasteiger partial charge in [0, 0.05) is 6.54 Å². The summed E-state index contributed by atoms with van der Waals surface area (Å²) in [4.78, 5) is 0. The van der Waals surface area contributed by atoms with Crippen molar-refractivity contribution in [3.05, 3.63) is 71.0 Å². The minimum absolute atomic E-state index is 0.332. The Morgan fingerprint density at radius 1 is 1.00 bits per heavy atom. The van der Waals surface area contributed by atoms with Gasteiger partial charge in [-0.3, -0.25) is 0 Å². The van der Waals surface area contributed by atoms with Crippen molar-refractivity contribution in [2.75, 3.05) is 0 Å². The molecule has 0 spiro atoms. The number of rotatable bonds is 5. The number of aryl methyl sites for hydroxylation is 2. The van der Waals surface area contributed by atoms with Crippen LogP contribution in [0.25, 0.3) is 5.69 Å². The molecule has 118 valence electrons. The van der Waals surface area contributed by atoms with E-state index in [0.717, 1.165) is 34.0 Å². The SMILES string of the molecule is Cc1cccc(C)c1OCc1c(CN)nnn1-c1ccccc1. The third kappa shape index (κ3) is 3.10. The smallest absolute Gasteiger partial charge is 0.132 e. The lowest BCUT2D eigenvalue weighted by atomic mass is 10.1. The van der Waals surface area contributed by atoms with Crippen molar-refractivity contribution in [1.29, 1.82) is 0 Å². The summed E-state index contributed by atoms with van der Waals surface area (Å²) in [7, 11) is 0. The van der Waals surface area contributed by atoms with Gasteiger partial charge < -0.3 is 10.5 Å². The lowest BCUT2D eigenvalue weighted by Crippen LogP contribution is -2.10. The average Bonchev–Trinajstić information content (AvgIpc) is 2.98. The Morgan fingerprint density at radius 3 is 2.35 bits per heavy atom. The Bertz CT molecular complexity index is 776. The summed E-state index contributed by atoms with van der Waals surface area (Å²) in [6.45, 7) is 4.79. The molecule has 0 bridgehead atoms. The number of para-hydroxylation sites is 2. The molecule has 3 rings (SSSR count). The molecular formula is C18H20N4O. The van der Waals surface area contributed by atoms with Gasteiger partial charge in [-0.2, -0.15) is 0 Å². The van der Waals surface area contributed by atoms with Crippen molar-refractivity contribution < 1.29 is 4.74 Å². The van der Waals surface area contributed by atoms with Gasteiger partial charge in [-0.1, -0.05) is 41.6 Å². The van der Waals surface area contributed by atoms with Gasteiger partial charge in [-0.15, -0.1) is 5.10 Å². The molecule has 2 aromatic carbocycles. The van der Waals surface area contributed by atoms with Gasteiger partial charge in [0.15, 0.2) is 0 Å². The van der Waals surface area contributed by atoms with E-state index in [2.05, 4.69) is 10.3 Å². The number of hydrogen-bond donors (Lipinski definition) is 1. The normalized spacial score (nSPS) is 10.7. The Morgan fingerprint density at radius 2 is 1.70 bits per heavy atom. The van der Waals surface area contributed by atoms with Crippen LogP contribution >= 0.6 is 0 Å². The Hall–Kier alpha value is -2.66. The molecule has 5 heteroatoms. The van der Waals surface area contributed by atoms with Crippen LogP contribution < -0.4 is 10.5 Å². The highest BCUT2D eigenvalue weighted by molar-refractivity contribution is 5.40. The van der Waals surface area contributed by atoms with Gasteiger partial charge in [0.05, 0.1) is 5.69 Å². The molecule has 1 heterocycles. The standard InChI is InChI=1S/C18H20N4O/c1-13-7-6-8-14(2)18(13)23-12-17-16(11-19)20-21-22(17)15-9-4-3-5-10-15/h3-10H,11-12,19H2,1-2H3. The summed E-state index contributed by atoms with van der Waals surface area (Å²) in [6.07, 6.45) is 0. The number of hydrogen-bond acceptors (Lipinski definition) is 4. The van der Waals surface area contributed by atoms with E-state index in [0.29, 0.717) is 13.2 Å². The maximum absolute atomic E-state index is 6.06. The minimum Gasteiger partial charge on any atom is -0.487 e. The van der Waals surface area contributed by atoms with Crippen LogP contribution in [0.15, 0.2) is 48.5 Å². The van der Waals surface area contributed by atoms with Gasteiger partial charge in [0.2, 0.25) is 0 Å². The largest absolute Gasteiger partial charge is 0.487 e. The Kier molecular flexibility index (Phi) is 4.39. The summed E-state index contributed by atoms with van der Waals surface area (Å²) in [6, 6.07) is 16.0. The highest BCUT2D eigenvalue weighted by Crippen LogP contribution is 2.24. The van der Waals surface area contributed by atoms with E-state index in [1.807, 2.05) is 62.4 Å². The van der Waals surface area contributed by atoms with Crippen molar-refractivity contribution in [3.63, 3.8) is 0 Å². The van der Waals surface area contributed by atoms with E-state index < -0.39 is 0 Å². The van der Waals surface area contributed by atoms with E-state index in [1.165, 1.54) is 0 Å². The van der Waals surface area contributed by atoms with Crippen molar-refractivity contribution in [1.82, 2.24) is 15.0 Å². The molecule has 0 unspecified atom stereocenters. The molecule has 5 nitrogen and oxygen atoms in total. The summed E-state index contributed by atoms with van der Waals surface area (Å²) in [5.41, 5.74) is 10.6. The molecule has 0 atom stereocenters. The van der Waals surface area contributed by atoms with E-state index in [9.17, 15) is 0 Å². The van der Waals surface area contributed by atoms with Crippen LogP contribution in [0.4, 0.5) is 0 Å². The zero-order chi connectivity index (χ0) is 16.2. The zero-order valence-electron chi connectivity index (χ0n) is 13.4. The molecule has 0 aliphatic carbocycles. The lowest BCUT2D eigenvalue weighted by molar-refractivity contribution is 0.292. The van der Waals surface area contributed by atoms with Crippen molar-refractivity contribution in [3.8, 4) is 11.4 Å². The molecule has 0 amide bonds. The van der Waals surface area contributed by atoms with Gasteiger partial charge in [-0.05, 0) is 37.1 Å². The van der Waals surface area contributed by atoms with Crippen molar-refractivity contribution in [2.45, 2.75) is 27.0 Å². The van der Waals surface area contributed by atoms with E-state index >= 15 is 0 Å². The molecule has 0 aliphatic rings. The third-order valence-electron chi connectivity index (χ3n) is 3.80. The first kappa shape index (κ1) is 15.2. The highest BCUT2D eigenvalue weighted by atomic mass is 16.5. The molecular weight excluding hydrogens is 288 g/mol. The summed E-state index contributed by atoms with van der Waals surface area (Å²) in [5, 5.41) is 8.40. The number of benzene rings is 2. The lowest BCUT2D eigenvalue weighted by Gasteiger charge is -2.13. The first-order valence-electron chi connectivity index (χ1n) is 7.58. The van der Waals surface area contributed by atoms with Crippen LogP contribution in [0.3, 0.4) is 0 Å². The molecule has 0 radical (unpaired) electrons. The molecule has 0 saturated carbocycles. The van der Waals surface area contributed by atoms with Crippen LogP contribution in [0.5, 0.6) is 5.75 Å². The van der Waals surface area contributed by atoms with Gasteiger partial charge in [0.1, 0.15) is 23.7 Å². The third-order valence-corrected chi connectivity index (χ3v) is 3.80. The molecule has 2 N–H and O–H groups in total. The second kappa shape index (κ2) is 6.62. The molecule has 0 fully saturated rings. The van der Waals surface area contributed by atoms with Gasteiger partial charge in [-0.25, -0.2) is 4.68 Å². The highest BCUT2D eigenvalue weighted by Gasteiger charge is 2.15. The molecule has 0 aliphatic heterocycles. The Balaban J connectivity index is 1.92. The second-order valence-corrected chi connectivity index (χ2v) is 5.44. The number of aromatic nitrogens is 3. The average molecular weight is 308 g/mol. The summed E-state index contributed by atoms with van der Waals surface area (Å²) >= 11 is 0. The van der Waals surface area contributed by atoms with Crippen LogP contribution in [0, 0.1) is 13.8 Å². The first-order valence-corrected chi connectivity index (χ1v) is 7.58. The summed E-state index contributed by atoms with van der Waals surface area (Å²) < 4.78 is 7.85. The fraction of sp³-hybridized carbons (Fsp3) is 0.222. The summed E-state index contributed by atoms with van der Waals surface area (Å²) in [5.74, 6) is 0.899. The monoisotopic (exact) mass is 308 g/mol. The fourth-order valence-corrected chi connectivity index (χ4v) is 2.58. The maximum atomic E-state index is 6.06. The number of ether oxygens (including phenoxy) is 1. The van der Waals surface area contributed by atoms with Crippen molar-refractivity contribution in [2.24, 2.45) is 5.73 Å². The molecule has 3 aromatic rings. The van der Waals surface area contributed by atoms with Crippen LogP contribution in [0.1, 0.15) is 22.5 Å². The number of nitrogens with two attached hydrogens (primary N) is 1. The Labute approximate surface area is 135 Å². The van der Waals surface area contributed by atoms with Crippen LogP contribution in [-0.2, 0) is 13.2 Å². The fourth-order valence-electron chi connectivity index (χ4n) is 2.58. The second-order valence-electron chi connectivity index (χ2n) is 5.44. The molecule has 23 heavy (non-hydrogen) atoms. The van der Waals surface area contributed by atoms with Gasteiger partial charge >= 0.3 is 0 Å². The molecule has 0 saturated heterocycles. The van der Waals surface area contributed by atoms with Crippen LogP contribution in [-0.4, -0.2) is 15.0 Å². The van der Waals surface area contributed by atoms with E-state index in [4.69, 9.17) is 10.5 Å². The molecule has 1 aromatic heterocycles. The number of nitrogens with zero attached hydrogens (tertiary/aromatic N) is 3. The zero-order valence-corrected chi connectivity index (χ0v) is 13.4. The topological polar surface area (TPSA) is 66.0 Å².